The molecule has 1 aliphatic heterocycles. The second kappa shape index (κ2) is 8.79. The smallest absolute Gasteiger partial charge is 0.336 e. The molecular weight excluding hydrogens is 382 g/mol. The van der Waals surface area contributed by atoms with Gasteiger partial charge in [-0.1, -0.05) is 13.3 Å². The summed E-state index contributed by atoms with van der Waals surface area (Å²) in [6, 6.07) is 11.5. The molecule has 2 aromatic carbocycles. The molecule has 0 amide bonds. The number of ether oxygens (including phenoxy) is 3. The summed E-state index contributed by atoms with van der Waals surface area (Å²) in [5.74, 6) is 2.35. The normalized spacial score (nSPS) is 15.5. The van der Waals surface area contributed by atoms with Crippen LogP contribution in [0.3, 0.4) is 0 Å². The molecule has 158 valence electrons. The van der Waals surface area contributed by atoms with Crippen molar-refractivity contribution < 1.29 is 23.5 Å². The van der Waals surface area contributed by atoms with Gasteiger partial charge in [-0.25, -0.2) is 4.79 Å². The van der Waals surface area contributed by atoms with Crippen molar-refractivity contribution in [2.75, 3.05) is 21.0 Å². The van der Waals surface area contributed by atoms with E-state index in [1.54, 1.807) is 20.3 Å². The van der Waals surface area contributed by atoms with Crippen LogP contribution in [0.15, 0.2) is 45.6 Å². The van der Waals surface area contributed by atoms with Crippen LogP contribution < -0.4 is 24.7 Å². The SMILES string of the molecule is CCCCc1cc(=O)oc2c3c(ccc12)OC[NH+](Cc1ccc(OC)cc1OC)C3. The van der Waals surface area contributed by atoms with Crippen LogP contribution in [0, 0.1) is 0 Å². The van der Waals surface area contributed by atoms with E-state index in [9.17, 15) is 4.79 Å². The zero-order valence-corrected chi connectivity index (χ0v) is 17.7. The van der Waals surface area contributed by atoms with E-state index in [0.29, 0.717) is 18.9 Å². The minimum Gasteiger partial charge on any atom is -0.497 e. The summed E-state index contributed by atoms with van der Waals surface area (Å²) in [4.78, 5) is 13.4. The first kappa shape index (κ1) is 20.3. The van der Waals surface area contributed by atoms with Gasteiger partial charge in [0.05, 0.1) is 19.8 Å². The number of aryl methyl sites for hydroxylation is 1. The number of quaternary nitrogens is 1. The topological polar surface area (TPSA) is 62.3 Å². The Bertz CT molecular complexity index is 1100. The average molecular weight is 410 g/mol. The Morgan fingerprint density at radius 1 is 1.07 bits per heavy atom. The van der Waals surface area contributed by atoms with Gasteiger partial charge >= 0.3 is 5.63 Å². The molecule has 30 heavy (non-hydrogen) atoms. The average Bonchev–Trinajstić information content (AvgIpc) is 2.77. The van der Waals surface area contributed by atoms with Crippen LogP contribution in [-0.2, 0) is 19.5 Å². The summed E-state index contributed by atoms with van der Waals surface area (Å²) in [6.45, 7) is 4.12. The van der Waals surface area contributed by atoms with Gasteiger partial charge in [-0.15, -0.1) is 0 Å². The lowest BCUT2D eigenvalue weighted by Gasteiger charge is -2.27. The molecule has 4 rings (SSSR count). The summed E-state index contributed by atoms with van der Waals surface area (Å²) in [6.07, 6.45) is 3.00. The molecular formula is C24H28NO5+. The minimum atomic E-state index is -0.300. The van der Waals surface area contributed by atoms with Crippen LogP contribution in [0.4, 0.5) is 0 Å². The van der Waals surface area contributed by atoms with Crippen molar-refractivity contribution in [2.24, 2.45) is 0 Å². The van der Waals surface area contributed by atoms with Crippen LogP contribution in [-0.4, -0.2) is 21.0 Å². The maximum atomic E-state index is 12.2. The second-order valence-electron chi connectivity index (χ2n) is 7.68. The van der Waals surface area contributed by atoms with Gasteiger partial charge in [0, 0.05) is 23.1 Å². The van der Waals surface area contributed by atoms with Crippen LogP contribution in [0.2, 0.25) is 0 Å². The quantitative estimate of drug-likeness (QED) is 0.607. The number of methoxy groups -OCH3 is 2. The van der Waals surface area contributed by atoms with E-state index in [4.69, 9.17) is 18.6 Å². The standard InChI is InChI=1S/C24H27NO5/c1-4-5-6-16-11-23(26)30-24-19(16)9-10-21-20(24)14-25(15-29-21)13-17-7-8-18(27-2)12-22(17)28-3/h7-12H,4-6,13-15H2,1-3H3/p+1. The number of nitrogens with one attached hydrogen (secondary N) is 1. The summed E-state index contributed by atoms with van der Waals surface area (Å²) in [5.41, 5.74) is 3.44. The monoisotopic (exact) mass is 410 g/mol. The number of benzene rings is 2. The molecule has 0 fully saturated rings. The highest BCUT2D eigenvalue weighted by Crippen LogP contribution is 2.31. The highest BCUT2D eigenvalue weighted by Gasteiger charge is 2.26. The van der Waals surface area contributed by atoms with Crippen molar-refractivity contribution in [1.82, 2.24) is 0 Å². The third kappa shape index (κ3) is 4.00. The highest BCUT2D eigenvalue weighted by atomic mass is 16.5. The molecule has 0 aliphatic carbocycles. The molecule has 0 saturated heterocycles. The zero-order valence-electron chi connectivity index (χ0n) is 17.7. The van der Waals surface area contributed by atoms with Gasteiger partial charge in [0.25, 0.3) is 0 Å². The first-order valence-electron chi connectivity index (χ1n) is 10.4. The number of hydrogen-bond acceptors (Lipinski definition) is 5. The minimum absolute atomic E-state index is 0.300. The maximum absolute atomic E-state index is 12.2. The van der Waals surface area contributed by atoms with E-state index < -0.39 is 0 Å². The van der Waals surface area contributed by atoms with E-state index in [2.05, 4.69) is 6.92 Å². The Hall–Kier alpha value is -2.99. The molecule has 6 heteroatoms. The van der Waals surface area contributed by atoms with E-state index in [1.165, 1.54) is 4.90 Å². The molecule has 6 nitrogen and oxygen atoms in total. The lowest BCUT2D eigenvalue weighted by atomic mass is 10.0. The van der Waals surface area contributed by atoms with Crippen LogP contribution in [0.25, 0.3) is 11.0 Å². The predicted octanol–water partition coefficient (Wildman–Crippen LogP) is 3.09. The molecule has 2 heterocycles. The van der Waals surface area contributed by atoms with Gasteiger partial charge in [0.1, 0.15) is 30.3 Å². The van der Waals surface area contributed by atoms with Gasteiger partial charge in [0.2, 0.25) is 6.73 Å². The first-order valence-corrected chi connectivity index (χ1v) is 10.4. The molecule has 1 N–H and O–H groups in total. The van der Waals surface area contributed by atoms with Crippen molar-refractivity contribution in [3.63, 3.8) is 0 Å². The number of rotatable bonds is 7. The fraction of sp³-hybridized carbons (Fsp3) is 0.375. The van der Waals surface area contributed by atoms with Gasteiger partial charge in [-0.05, 0) is 42.7 Å². The van der Waals surface area contributed by atoms with Crippen LogP contribution in [0.1, 0.15) is 36.5 Å². The largest absolute Gasteiger partial charge is 0.497 e. The Labute approximate surface area is 176 Å². The molecule has 1 atom stereocenters. The summed E-state index contributed by atoms with van der Waals surface area (Å²) >= 11 is 0. The molecule has 3 aromatic rings. The predicted molar refractivity (Wildman–Crippen MR) is 115 cm³/mol. The molecule has 0 radical (unpaired) electrons. The fourth-order valence-electron chi connectivity index (χ4n) is 4.07. The second-order valence-corrected chi connectivity index (χ2v) is 7.68. The van der Waals surface area contributed by atoms with Gasteiger partial charge in [0.15, 0.2) is 5.58 Å². The Kier molecular flexibility index (Phi) is 5.95. The van der Waals surface area contributed by atoms with Crippen molar-refractivity contribution in [3.8, 4) is 17.2 Å². The van der Waals surface area contributed by atoms with Crippen molar-refractivity contribution in [1.29, 1.82) is 0 Å². The third-order valence-electron chi connectivity index (χ3n) is 5.65. The van der Waals surface area contributed by atoms with E-state index in [-0.39, 0.29) is 5.63 Å². The number of unbranched alkanes of at least 4 members (excludes halogenated alkanes) is 1. The molecule has 0 bridgehead atoms. The summed E-state index contributed by atoms with van der Waals surface area (Å²) in [5, 5.41) is 1.01. The lowest BCUT2D eigenvalue weighted by Crippen LogP contribution is -3.10. The molecule has 0 spiro atoms. The number of fused-ring (bicyclic) bond motifs is 3. The highest BCUT2D eigenvalue weighted by molar-refractivity contribution is 5.85. The fourth-order valence-corrected chi connectivity index (χ4v) is 4.07. The molecule has 1 unspecified atom stereocenters. The Morgan fingerprint density at radius 3 is 2.70 bits per heavy atom. The van der Waals surface area contributed by atoms with Gasteiger partial charge < -0.3 is 18.6 Å². The maximum Gasteiger partial charge on any atom is 0.336 e. The number of hydrogen-bond donors (Lipinski definition) is 1. The van der Waals surface area contributed by atoms with E-state index in [1.807, 2.05) is 30.3 Å². The Morgan fingerprint density at radius 2 is 1.93 bits per heavy atom. The van der Waals surface area contributed by atoms with Crippen LogP contribution in [0.5, 0.6) is 17.2 Å². The van der Waals surface area contributed by atoms with E-state index >= 15 is 0 Å². The Balaban J connectivity index is 1.66. The van der Waals surface area contributed by atoms with Crippen molar-refractivity contribution in [2.45, 2.75) is 39.3 Å². The van der Waals surface area contributed by atoms with Gasteiger partial charge in [-0.2, -0.15) is 0 Å². The zero-order chi connectivity index (χ0) is 21.1. The van der Waals surface area contributed by atoms with Crippen molar-refractivity contribution >= 4 is 11.0 Å². The van der Waals surface area contributed by atoms with Crippen LogP contribution >= 0.6 is 0 Å². The summed E-state index contributed by atoms with van der Waals surface area (Å²) < 4.78 is 22.5. The third-order valence-corrected chi connectivity index (χ3v) is 5.65. The molecule has 1 aromatic heterocycles. The molecule has 0 saturated carbocycles. The van der Waals surface area contributed by atoms with Gasteiger partial charge in [-0.3, -0.25) is 4.90 Å². The lowest BCUT2D eigenvalue weighted by molar-refractivity contribution is -0.945. The summed E-state index contributed by atoms with van der Waals surface area (Å²) in [7, 11) is 3.30. The van der Waals surface area contributed by atoms with Crippen molar-refractivity contribution in [3.05, 3.63) is 63.5 Å². The molecule has 1 aliphatic rings. The first-order chi connectivity index (χ1) is 14.6. The van der Waals surface area contributed by atoms with E-state index in [0.717, 1.165) is 65.1 Å².